The summed E-state index contributed by atoms with van der Waals surface area (Å²) in [6.45, 7) is 1.09. The van der Waals surface area contributed by atoms with Crippen molar-refractivity contribution in [2.45, 2.75) is 16.1 Å². The van der Waals surface area contributed by atoms with Crippen LogP contribution < -0.4 is 0 Å². The van der Waals surface area contributed by atoms with Crippen LogP contribution >= 0.6 is 15.9 Å². The molecule has 100 valence electrons. The van der Waals surface area contributed by atoms with Crippen LogP contribution in [0, 0.1) is 0 Å². The normalized spacial score (nSPS) is 21.0. The van der Waals surface area contributed by atoms with Crippen molar-refractivity contribution in [2.75, 3.05) is 13.1 Å². The zero-order valence-electron chi connectivity index (χ0n) is 10.2. The molecular weight excluding hydrogens is 328 g/mol. The van der Waals surface area contributed by atoms with Gasteiger partial charge in [0.2, 0.25) is 10.0 Å². The number of sulfonamides is 1. The molecule has 4 nitrogen and oxygen atoms in total. The van der Waals surface area contributed by atoms with Gasteiger partial charge in [-0.1, -0.05) is 22.0 Å². The molecule has 0 bridgehead atoms. The topological polar surface area (TPSA) is 50.3 Å². The highest BCUT2D eigenvalue weighted by Crippen LogP contribution is 2.28. The molecule has 2 heterocycles. The third-order valence-corrected chi connectivity index (χ3v) is 5.99. The molecule has 1 aliphatic heterocycles. The van der Waals surface area contributed by atoms with E-state index in [0.29, 0.717) is 28.9 Å². The highest BCUT2D eigenvalue weighted by Gasteiger charge is 2.32. The third-order valence-electron chi connectivity index (χ3n) is 3.32. The summed E-state index contributed by atoms with van der Waals surface area (Å²) in [6.07, 6.45) is 2.52. The number of fused-ring (bicyclic) bond motifs is 1. The van der Waals surface area contributed by atoms with Gasteiger partial charge >= 0.3 is 0 Å². The minimum absolute atomic E-state index is 0.246. The van der Waals surface area contributed by atoms with Gasteiger partial charge in [-0.3, -0.25) is 4.98 Å². The Morgan fingerprint density at radius 2 is 2.11 bits per heavy atom. The summed E-state index contributed by atoms with van der Waals surface area (Å²) in [5.74, 6) is 0. The van der Waals surface area contributed by atoms with Gasteiger partial charge in [-0.25, -0.2) is 8.42 Å². The molecule has 0 radical (unpaired) electrons. The van der Waals surface area contributed by atoms with E-state index in [0.717, 1.165) is 6.42 Å². The van der Waals surface area contributed by atoms with Crippen molar-refractivity contribution < 1.29 is 8.42 Å². The molecule has 1 aromatic heterocycles. The van der Waals surface area contributed by atoms with Crippen LogP contribution in [0.2, 0.25) is 0 Å². The molecule has 0 amide bonds. The van der Waals surface area contributed by atoms with Crippen molar-refractivity contribution in [1.82, 2.24) is 9.29 Å². The predicted octanol–water partition coefficient (Wildman–Crippen LogP) is 2.39. The fraction of sp³-hybridized carbons (Fsp3) is 0.308. The molecule has 0 N–H and O–H groups in total. The summed E-state index contributed by atoms with van der Waals surface area (Å²) in [5.41, 5.74) is 0.707. The number of pyridine rings is 1. The zero-order valence-corrected chi connectivity index (χ0v) is 12.6. The average molecular weight is 341 g/mol. The van der Waals surface area contributed by atoms with E-state index < -0.39 is 10.0 Å². The molecule has 1 aliphatic rings. The maximum absolute atomic E-state index is 12.7. The van der Waals surface area contributed by atoms with Crippen LogP contribution in [-0.4, -0.2) is 35.6 Å². The fourth-order valence-electron chi connectivity index (χ4n) is 2.35. The van der Waals surface area contributed by atoms with Crippen LogP contribution in [0.15, 0.2) is 41.4 Å². The molecule has 1 fully saturated rings. The Morgan fingerprint density at radius 1 is 1.26 bits per heavy atom. The monoisotopic (exact) mass is 340 g/mol. The van der Waals surface area contributed by atoms with Gasteiger partial charge in [0, 0.05) is 29.5 Å². The maximum atomic E-state index is 12.7. The van der Waals surface area contributed by atoms with Crippen LogP contribution in [0.5, 0.6) is 0 Å². The highest BCUT2D eigenvalue weighted by molar-refractivity contribution is 9.09. The first-order valence-corrected chi connectivity index (χ1v) is 8.42. The van der Waals surface area contributed by atoms with Gasteiger partial charge in [-0.2, -0.15) is 4.31 Å². The first kappa shape index (κ1) is 13.0. The van der Waals surface area contributed by atoms with Gasteiger partial charge in [0.25, 0.3) is 0 Å². The smallest absolute Gasteiger partial charge is 0.243 e. The predicted molar refractivity (Wildman–Crippen MR) is 77.8 cm³/mol. The second-order valence-corrected chi connectivity index (χ2v) is 7.78. The summed E-state index contributed by atoms with van der Waals surface area (Å²) in [6, 6.07) is 8.78. The summed E-state index contributed by atoms with van der Waals surface area (Å²) >= 11 is 3.47. The van der Waals surface area contributed by atoms with Gasteiger partial charge in [0.1, 0.15) is 0 Å². The molecule has 19 heavy (non-hydrogen) atoms. The lowest BCUT2D eigenvalue weighted by atomic mass is 10.2. The SMILES string of the molecule is O=S(=O)(c1cccc2ncccc12)N1CCC(Br)C1. The number of nitrogens with zero attached hydrogens (tertiary/aromatic N) is 2. The number of rotatable bonds is 2. The van der Waals surface area contributed by atoms with E-state index in [1.807, 2.05) is 6.07 Å². The number of halogens is 1. The number of hydrogen-bond donors (Lipinski definition) is 0. The first-order valence-electron chi connectivity index (χ1n) is 6.07. The van der Waals surface area contributed by atoms with Crippen LogP contribution in [0.1, 0.15) is 6.42 Å². The first-order chi connectivity index (χ1) is 9.09. The largest absolute Gasteiger partial charge is 0.256 e. The van der Waals surface area contributed by atoms with Crippen LogP contribution in [0.25, 0.3) is 10.9 Å². The number of alkyl halides is 1. The standard InChI is InChI=1S/C13H13BrN2O2S/c14-10-6-8-16(9-10)19(17,18)13-5-1-4-12-11(13)3-2-7-15-12/h1-5,7,10H,6,8-9H2. The Kier molecular flexibility index (Phi) is 3.32. The summed E-state index contributed by atoms with van der Waals surface area (Å²) in [7, 11) is -3.43. The molecule has 1 aromatic carbocycles. The maximum Gasteiger partial charge on any atom is 0.243 e. The van der Waals surface area contributed by atoms with Crippen molar-refractivity contribution in [1.29, 1.82) is 0 Å². The highest BCUT2D eigenvalue weighted by atomic mass is 79.9. The summed E-state index contributed by atoms with van der Waals surface area (Å²) in [4.78, 5) is 4.80. The van der Waals surface area contributed by atoms with E-state index in [1.54, 1.807) is 30.5 Å². The molecule has 1 saturated heterocycles. The molecule has 1 atom stereocenters. The lowest BCUT2D eigenvalue weighted by Gasteiger charge is -2.17. The van der Waals surface area contributed by atoms with E-state index in [2.05, 4.69) is 20.9 Å². The van der Waals surface area contributed by atoms with Gasteiger partial charge < -0.3 is 0 Å². The van der Waals surface area contributed by atoms with Crippen molar-refractivity contribution in [2.24, 2.45) is 0 Å². The number of hydrogen-bond acceptors (Lipinski definition) is 3. The van der Waals surface area contributed by atoms with Crippen LogP contribution in [0.4, 0.5) is 0 Å². The molecule has 0 saturated carbocycles. The molecule has 1 unspecified atom stereocenters. The molecule has 3 rings (SSSR count). The van der Waals surface area contributed by atoms with Gasteiger partial charge in [-0.05, 0) is 30.7 Å². The summed E-state index contributed by atoms with van der Waals surface area (Å²) in [5, 5.41) is 0.683. The second kappa shape index (κ2) is 4.85. The van der Waals surface area contributed by atoms with Gasteiger partial charge in [-0.15, -0.1) is 0 Å². The molecular formula is C13H13BrN2O2S. The Bertz CT molecular complexity index is 712. The summed E-state index contributed by atoms with van der Waals surface area (Å²) < 4.78 is 26.9. The van der Waals surface area contributed by atoms with Crippen molar-refractivity contribution in [3.05, 3.63) is 36.5 Å². The van der Waals surface area contributed by atoms with Crippen molar-refractivity contribution >= 4 is 36.9 Å². The van der Waals surface area contributed by atoms with Gasteiger partial charge in [0.15, 0.2) is 0 Å². The van der Waals surface area contributed by atoms with Crippen LogP contribution in [0.3, 0.4) is 0 Å². The van der Waals surface area contributed by atoms with E-state index in [9.17, 15) is 8.42 Å². The zero-order chi connectivity index (χ0) is 13.5. The fourth-order valence-corrected chi connectivity index (χ4v) is 4.79. The minimum Gasteiger partial charge on any atom is -0.256 e. The lowest BCUT2D eigenvalue weighted by Crippen LogP contribution is -2.29. The van der Waals surface area contributed by atoms with E-state index in [1.165, 1.54) is 4.31 Å². The van der Waals surface area contributed by atoms with E-state index in [4.69, 9.17) is 0 Å². The average Bonchev–Trinajstić information content (AvgIpc) is 2.85. The Labute approximate surface area is 120 Å². The van der Waals surface area contributed by atoms with Gasteiger partial charge in [0.05, 0.1) is 10.4 Å². The Hall–Kier alpha value is -0.980. The van der Waals surface area contributed by atoms with E-state index in [-0.39, 0.29) is 4.83 Å². The van der Waals surface area contributed by atoms with Crippen molar-refractivity contribution in [3.8, 4) is 0 Å². The van der Waals surface area contributed by atoms with Crippen LogP contribution in [-0.2, 0) is 10.0 Å². The molecule has 6 heteroatoms. The molecule has 0 aliphatic carbocycles. The molecule has 2 aromatic rings. The lowest BCUT2D eigenvalue weighted by molar-refractivity contribution is 0.479. The number of benzene rings is 1. The van der Waals surface area contributed by atoms with Crippen molar-refractivity contribution in [3.63, 3.8) is 0 Å². The Balaban J connectivity index is 2.14. The third kappa shape index (κ3) is 2.28. The quantitative estimate of drug-likeness (QED) is 0.788. The minimum atomic E-state index is -3.43. The van der Waals surface area contributed by atoms with E-state index >= 15 is 0 Å². The Morgan fingerprint density at radius 3 is 2.84 bits per heavy atom. The second-order valence-electron chi connectivity index (χ2n) is 4.58. The molecule has 0 spiro atoms. The number of aromatic nitrogens is 1.